The molecule has 0 aliphatic heterocycles. The highest BCUT2D eigenvalue weighted by atomic mass is 16.3. The summed E-state index contributed by atoms with van der Waals surface area (Å²) < 4.78 is 5.45. The summed E-state index contributed by atoms with van der Waals surface area (Å²) in [5.74, 6) is 1.94. The van der Waals surface area contributed by atoms with Crippen LogP contribution in [0.3, 0.4) is 0 Å². The fourth-order valence-electron chi connectivity index (χ4n) is 2.43. The van der Waals surface area contributed by atoms with E-state index in [1.807, 2.05) is 18.3 Å². The molecule has 5 nitrogen and oxygen atoms in total. The van der Waals surface area contributed by atoms with Gasteiger partial charge in [-0.15, -0.1) is 0 Å². The van der Waals surface area contributed by atoms with Crippen LogP contribution in [0.25, 0.3) is 0 Å². The van der Waals surface area contributed by atoms with Crippen LogP contribution in [-0.4, -0.2) is 21.1 Å². The third-order valence-electron chi connectivity index (χ3n) is 3.73. The van der Waals surface area contributed by atoms with E-state index in [1.165, 1.54) is 0 Å². The predicted molar refractivity (Wildman–Crippen MR) is 80.0 cm³/mol. The highest BCUT2D eigenvalue weighted by molar-refractivity contribution is 5.51. The monoisotopic (exact) mass is 287 g/mol. The molecule has 2 aromatic rings. The lowest BCUT2D eigenvalue weighted by Gasteiger charge is -2.25. The van der Waals surface area contributed by atoms with Gasteiger partial charge in [-0.3, -0.25) is 0 Å². The third kappa shape index (κ3) is 3.08. The minimum Gasteiger partial charge on any atom is -0.467 e. The van der Waals surface area contributed by atoms with E-state index in [0.29, 0.717) is 18.3 Å². The first kappa shape index (κ1) is 14.1. The smallest absolute Gasteiger partial charge is 0.131 e. The first-order valence-corrected chi connectivity index (χ1v) is 7.44. The zero-order valence-corrected chi connectivity index (χ0v) is 12.5. The minimum absolute atomic E-state index is 0.0705. The van der Waals surface area contributed by atoms with Crippen molar-refractivity contribution in [1.29, 1.82) is 0 Å². The second-order valence-electron chi connectivity index (χ2n) is 5.81. The number of furan rings is 1. The van der Waals surface area contributed by atoms with Crippen molar-refractivity contribution >= 4 is 5.69 Å². The van der Waals surface area contributed by atoms with Gasteiger partial charge < -0.3 is 14.4 Å². The van der Waals surface area contributed by atoms with Gasteiger partial charge >= 0.3 is 0 Å². The minimum atomic E-state index is -0.0705. The summed E-state index contributed by atoms with van der Waals surface area (Å²) >= 11 is 0. The molecular weight excluding hydrogens is 266 g/mol. The SMILES string of the molecule is CC(C)c1ncc(N(Cc2ccco2)C2CC2)c(CO)n1. The molecule has 1 fully saturated rings. The fraction of sp³-hybridized carbons (Fsp3) is 0.500. The molecule has 1 aliphatic carbocycles. The van der Waals surface area contributed by atoms with Crippen molar-refractivity contribution in [3.05, 3.63) is 41.9 Å². The Morgan fingerprint density at radius 2 is 2.24 bits per heavy atom. The maximum absolute atomic E-state index is 9.66. The Kier molecular flexibility index (Phi) is 3.92. The Hall–Kier alpha value is -1.88. The van der Waals surface area contributed by atoms with Gasteiger partial charge in [-0.1, -0.05) is 13.8 Å². The number of anilines is 1. The van der Waals surface area contributed by atoms with Crippen LogP contribution in [0.5, 0.6) is 0 Å². The zero-order valence-electron chi connectivity index (χ0n) is 12.5. The van der Waals surface area contributed by atoms with E-state index in [1.54, 1.807) is 6.26 Å². The fourth-order valence-corrected chi connectivity index (χ4v) is 2.43. The molecule has 0 radical (unpaired) electrons. The highest BCUT2D eigenvalue weighted by Crippen LogP contribution is 2.34. The van der Waals surface area contributed by atoms with Crippen molar-refractivity contribution in [3.8, 4) is 0 Å². The summed E-state index contributed by atoms with van der Waals surface area (Å²) in [5.41, 5.74) is 1.62. The summed E-state index contributed by atoms with van der Waals surface area (Å²) in [6, 6.07) is 4.36. The molecule has 21 heavy (non-hydrogen) atoms. The lowest BCUT2D eigenvalue weighted by molar-refractivity contribution is 0.276. The number of hydrogen-bond acceptors (Lipinski definition) is 5. The molecule has 2 heterocycles. The van der Waals surface area contributed by atoms with Gasteiger partial charge in [0.05, 0.1) is 37.0 Å². The summed E-state index contributed by atoms with van der Waals surface area (Å²) in [4.78, 5) is 11.2. The summed E-state index contributed by atoms with van der Waals surface area (Å²) in [7, 11) is 0. The Morgan fingerprint density at radius 3 is 2.81 bits per heavy atom. The van der Waals surface area contributed by atoms with Crippen molar-refractivity contribution in [1.82, 2.24) is 9.97 Å². The number of aliphatic hydroxyl groups is 1. The second-order valence-corrected chi connectivity index (χ2v) is 5.81. The molecule has 0 atom stereocenters. The topological polar surface area (TPSA) is 62.4 Å². The lowest BCUT2D eigenvalue weighted by Crippen LogP contribution is -2.27. The van der Waals surface area contributed by atoms with Crippen molar-refractivity contribution < 1.29 is 9.52 Å². The van der Waals surface area contributed by atoms with Gasteiger partial charge in [0.15, 0.2) is 0 Å². The number of aliphatic hydroxyl groups excluding tert-OH is 1. The highest BCUT2D eigenvalue weighted by Gasteiger charge is 2.31. The lowest BCUT2D eigenvalue weighted by atomic mass is 10.2. The molecule has 0 amide bonds. The van der Waals surface area contributed by atoms with E-state index in [9.17, 15) is 5.11 Å². The number of hydrogen-bond donors (Lipinski definition) is 1. The second kappa shape index (κ2) is 5.85. The van der Waals surface area contributed by atoms with Crippen LogP contribution in [0.2, 0.25) is 0 Å². The first-order valence-electron chi connectivity index (χ1n) is 7.44. The maximum atomic E-state index is 9.66. The largest absolute Gasteiger partial charge is 0.467 e. The summed E-state index contributed by atoms with van der Waals surface area (Å²) in [5, 5.41) is 9.66. The van der Waals surface area contributed by atoms with Crippen LogP contribution in [0.15, 0.2) is 29.0 Å². The van der Waals surface area contributed by atoms with Crippen molar-refractivity contribution in [2.45, 2.75) is 51.8 Å². The Balaban J connectivity index is 1.91. The Labute approximate surface area is 124 Å². The molecule has 1 N–H and O–H groups in total. The van der Waals surface area contributed by atoms with Crippen molar-refractivity contribution in [3.63, 3.8) is 0 Å². The molecule has 0 spiro atoms. The van der Waals surface area contributed by atoms with E-state index in [-0.39, 0.29) is 12.5 Å². The van der Waals surface area contributed by atoms with Crippen LogP contribution in [0.1, 0.15) is 49.9 Å². The molecule has 112 valence electrons. The molecule has 3 rings (SSSR count). The number of aromatic nitrogens is 2. The van der Waals surface area contributed by atoms with Gasteiger partial charge in [0.1, 0.15) is 11.6 Å². The van der Waals surface area contributed by atoms with Gasteiger partial charge in [0.2, 0.25) is 0 Å². The molecule has 0 bridgehead atoms. The normalized spacial score (nSPS) is 14.7. The van der Waals surface area contributed by atoms with E-state index in [0.717, 1.165) is 30.1 Å². The molecule has 5 heteroatoms. The van der Waals surface area contributed by atoms with E-state index >= 15 is 0 Å². The third-order valence-corrected chi connectivity index (χ3v) is 3.73. The first-order chi connectivity index (χ1) is 10.2. The van der Waals surface area contributed by atoms with E-state index in [4.69, 9.17) is 4.42 Å². The van der Waals surface area contributed by atoms with Gasteiger partial charge in [-0.2, -0.15) is 0 Å². The quantitative estimate of drug-likeness (QED) is 0.885. The zero-order chi connectivity index (χ0) is 14.8. The van der Waals surface area contributed by atoms with Gasteiger partial charge in [-0.05, 0) is 25.0 Å². The van der Waals surface area contributed by atoms with Gasteiger partial charge in [0, 0.05) is 12.0 Å². The molecular formula is C16H21N3O2. The molecule has 0 unspecified atom stereocenters. The molecule has 1 saturated carbocycles. The molecule has 1 aliphatic rings. The Bertz CT molecular complexity index is 592. The standard InChI is InChI=1S/C16H21N3O2/c1-11(2)16-17-8-15(14(10-20)18-16)19(12-5-6-12)9-13-4-3-7-21-13/h3-4,7-8,11-12,20H,5-6,9-10H2,1-2H3. The van der Waals surface area contributed by atoms with Gasteiger partial charge in [0.25, 0.3) is 0 Å². The van der Waals surface area contributed by atoms with E-state index < -0.39 is 0 Å². The number of nitrogens with zero attached hydrogens (tertiary/aromatic N) is 3. The van der Waals surface area contributed by atoms with Crippen LogP contribution in [-0.2, 0) is 13.2 Å². The van der Waals surface area contributed by atoms with Crippen LogP contribution >= 0.6 is 0 Å². The molecule has 0 aromatic carbocycles. The van der Waals surface area contributed by atoms with E-state index in [2.05, 4.69) is 28.7 Å². The van der Waals surface area contributed by atoms with Crippen LogP contribution in [0.4, 0.5) is 5.69 Å². The average Bonchev–Trinajstić information content (AvgIpc) is 3.21. The Morgan fingerprint density at radius 1 is 1.43 bits per heavy atom. The predicted octanol–water partition coefficient (Wildman–Crippen LogP) is 2.85. The summed E-state index contributed by atoms with van der Waals surface area (Å²) in [6.07, 6.45) is 5.86. The van der Waals surface area contributed by atoms with Crippen LogP contribution < -0.4 is 4.90 Å². The molecule has 2 aromatic heterocycles. The molecule has 0 saturated heterocycles. The maximum Gasteiger partial charge on any atom is 0.131 e. The van der Waals surface area contributed by atoms with Crippen molar-refractivity contribution in [2.24, 2.45) is 0 Å². The van der Waals surface area contributed by atoms with Crippen molar-refractivity contribution in [2.75, 3.05) is 4.90 Å². The number of rotatable bonds is 6. The average molecular weight is 287 g/mol. The van der Waals surface area contributed by atoms with Crippen LogP contribution in [0, 0.1) is 0 Å². The van der Waals surface area contributed by atoms with Gasteiger partial charge in [-0.25, -0.2) is 9.97 Å². The summed E-state index contributed by atoms with van der Waals surface area (Å²) in [6.45, 7) is 4.73.